The molecular formula is C14H22F2N2. The lowest BCUT2D eigenvalue weighted by atomic mass is 10.1. The molecule has 0 spiro atoms. The lowest BCUT2D eigenvalue weighted by Gasteiger charge is -2.15. The first-order valence-electron chi connectivity index (χ1n) is 6.33. The molecule has 102 valence electrons. The molecule has 0 fully saturated rings. The van der Waals surface area contributed by atoms with E-state index >= 15 is 0 Å². The predicted molar refractivity (Wildman–Crippen MR) is 70.6 cm³/mol. The van der Waals surface area contributed by atoms with Crippen molar-refractivity contribution in [1.29, 1.82) is 0 Å². The number of halogens is 2. The van der Waals surface area contributed by atoms with E-state index in [0.717, 1.165) is 32.0 Å². The van der Waals surface area contributed by atoms with Crippen molar-refractivity contribution in [3.63, 3.8) is 0 Å². The maximum atomic E-state index is 13.5. The Labute approximate surface area is 108 Å². The van der Waals surface area contributed by atoms with Gasteiger partial charge in [0.25, 0.3) is 0 Å². The average Bonchev–Trinajstić information content (AvgIpc) is 2.31. The van der Waals surface area contributed by atoms with Crippen molar-refractivity contribution in [3.8, 4) is 0 Å². The largest absolute Gasteiger partial charge is 0.310 e. The quantitative estimate of drug-likeness (QED) is 0.755. The molecule has 1 aromatic rings. The van der Waals surface area contributed by atoms with Gasteiger partial charge in [-0.3, -0.25) is 0 Å². The molecule has 0 saturated heterocycles. The van der Waals surface area contributed by atoms with Crippen LogP contribution in [0.25, 0.3) is 0 Å². The van der Waals surface area contributed by atoms with E-state index in [0.29, 0.717) is 5.56 Å². The van der Waals surface area contributed by atoms with E-state index in [4.69, 9.17) is 0 Å². The van der Waals surface area contributed by atoms with Crippen LogP contribution in [0.2, 0.25) is 0 Å². The minimum Gasteiger partial charge on any atom is -0.310 e. The van der Waals surface area contributed by atoms with Crippen LogP contribution in [0.4, 0.5) is 8.78 Å². The fourth-order valence-corrected chi connectivity index (χ4v) is 1.83. The molecule has 0 bridgehead atoms. The molecule has 2 nitrogen and oxygen atoms in total. The second-order valence-electron chi connectivity index (χ2n) is 4.85. The van der Waals surface area contributed by atoms with Gasteiger partial charge in [0.15, 0.2) is 0 Å². The van der Waals surface area contributed by atoms with Crippen molar-refractivity contribution in [2.24, 2.45) is 0 Å². The van der Waals surface area contributed by atoms with Crippen LogP contribution in [0.5, 0.6) is 0 Å². The first-order chi connectivity index (χ1) is 8.50. The Morgan fingerprint density at radius 1 is 1.22 bits per heavy atom. The van der Waals surface area contributed by atoms with Crippen LogP contribution in [0, 0.1) is 11.6 Å². The van der Waals surface area contributed by atoms with Crippen LogP contribution >= 0.6 is 0 Å². The first-order valence-corrected chi connectivity index (χ1v) is 6.33. The van der Waals surface area contributed by atoms with Crippen molar-refractivity contribution < 1.29 is 8.78 Å². The summed E-state index contributed by atoms with van der Waals surface area (Å²) in [4.78, 5) is 2.13. The van der Waals surface area contributed by atoms with Gasteiger partial charge in [-0.05, 0) is 65.1 Å². The fraction of sp³-hybridized carbons (Fsp3) is 0.571. The maximum Gasteiger partial charge on any atom is 0.128 e. The highest BCUT2D eigenvalue weighted by Crippen LogP contribution is 2.17. The Balaban J connectivity index is 2.36. The zero-order valence-corrected chi connectivity index (χ0v) is 11.3. The standard InChI is InChI=1S/C14H22F2N2/c1-11(17-8-4-5-9-18(2)3)13-10-12(15)6-7-14(13)16/h6-7,10-11,17H,4-5,8-9H2,1-3H3. The number of hydrogen-bond acceptors (Lipinski definition) is 2. The van der Waals surface area contributed by atoms with Gasteiger partial charge in [-0.25, -0.2) is 8.78 Å². The van der Waals surface area contributed by atoms with Crippen molar-refractivity contribution in [2.45, 2.75) is 25.8 Å². The molecule has 1 aromatic carbocycles. The van der Waals surface area contributed by atoms with Crippen LogP contribution in [-0.2, 0) is 0 Å². The van der Waals surface area contributed by atoms with Crippen LogP contribution in [0.15, 0.2) is 18.2 Å². The minimum atomic E-state index is -0.396. The number of hydrogen-bond donors (Lipinski definition) is 1. The van der Waals surface area contributed by atoms with Gasteiger partial charge in [-0.2, -0.15) is 0 Å². The molecule has 0 aromatic heterocycles. The molecule has 0 amide bonds. The molecule has 0 aliphatic rings. The van der Waals surface area contributed by atoms with Crippen LogP contribution in [-0.4, -0.2) is 32.1 Å². The summed E-state index contributed by atoms with van der Waals surface area (Å²) in [6.45, 7) is 3.71. The molecular weight excluding hydrogens is 234 g/mol. The highest BCUT2D eigenvalue weighted by Gasteiger charge is 2.10. The monoisotopic (exact) mass is 256 g/mol. The van der Waals surface area contributed by atoms with E-state index in [9.17, 15) is 8.78 Å². The molecule has 4 heteroatoms. The molecule has 1 atom stereocenters. The third kappa shape index (κ3) is 5.10. The lowest BCUT2D eigenvalue weighted by Crippen LogP contribution is -2.22. The zero-order valence-electron chi connectivity index (χ0n) is 11.3. The summed E-state index contributed by atoms with van der Waals surface area (Å²) in [5.41, 5.74) is 0.391. The van der Waals surface area contributed by atoms with E-state index in [1.807, 2.05) is 21.0 Å². The number of rotatable bonds is 7. The third-order valence-corrected chi connectivity index (χ3v) is 2.91. The highest BCUT2D eigenvalue weighted by molar-refractivity contribution is 5.21. The highest BCUT2D eigenvalue weighted by atomic mass is 19.1. The maximum absolute atomic E-state index is 13.5. The Kier molecular flexibility index (Phi) is 6.22. The van der Waals surface area contributed by atoms with Gasteiger partial charge in [0.2, 0.25) is 0 Å². The third-order valence-electron chi connectivity index (χ3n) is 2.91. The van der Waals surface area contributed by atoms with Gasteiger partial charge in [0.1, 0.15) is 11.6 Å². The van der Waals surface area contributed by atoms with Crippen LogP contribution in [0.3, 0.4) is 0 Å². The summed E-state index contributed by atoms with van der Waals surface area (Å²) >= 11 is 0. The molecule has 0 heterocycles. The molecule has 1 N–H and O–H groups in total. The molecule has 0 radical (unpaired) electrons. The number of unbranched alkanes of at least 4 members (excludes halogenated alkanes) is 1. The van der Waals surface area contributed by atoms with Crippen molar-refractivity contribution in [2.75, 3.05) is 27.2 Å². The van der Waals surface area contributed by atoms with Crippen molar-refractivity contribution in [3.05, 3.63) is 35.4 Å². The van der Waals surface area contributed by atoms with Gasteiger partial charge in [0, 0.05) is 11.6 Å². The molecule has 1 rings (SSSR count). The molecule has 1 unspecified atom stereocenters. The molecule has 0 saturated carbocycles. The first kappa shape index (κ1) is 15.1. The minimum absolute atomic E-state index is 0.167. The Bertz CT molecular complexity index is 367. The van der Waals surface area contributed by atoms with Crippen molar-refractivity contribution in [1.82, 2.24) is 10.2 Å². The summed E-state index contributed by atoms with van der Waals surface area (Å²) in [7, 11) is 4.08. The van der Waals surface area contributed by atoms with Crippen molar-refractivity contribution >= 4 is 0 Å². The van der Waals surface area contributed by atoms with E-state index < -0.39 is 5.82 Å². The Morgan fingerprint density at radius 2 is 1.94 bits per heavy atom. The molecule has 0 aliphatic heterocycles. The van der Waals surface area contributed by atoms with Gasteiger partial charge < -0.3 is 10.2 Å². The smallest absolute Gasteiger partial charge is 0.128 e. The Hall–Kier alpha value is -1.00. The van der Waals surface area contributed by atoms with E-state index in [-0.39, 0.29) is 11.9 Å². The summed E-state index contributed by atoms with van der Waals surface area (Å²) in [5, 5.41) is 3.22. The van der Waals surface area contributed by atoms with Gasteiger partial charge in [0.05, 0.1) is 0 Å². The molecule has 18 heavy (non-hydrogen) atoms. The fourth-order valence-electron chi connectivity index (χ4n) is 1.83. The number of nitrogens with zero attached hydrogens (tertiary/aromatic N) is 1. The van der Waals surface area contributed by atoms with E-state index in [1.54, 1.807) is 0 Å². The van der Waals surface area contributed by atoms with E-state index in [2.05, 4.69) is 10.2 Å². The van der Waals surface area contributed by atoms with Gasteiger partial charge in [-0.15, -0.1) is 0 Å². The van der Waals surface area contributed by atoms with Gasteiger partial charge in [-0.1, -0.05) is 0 Å². The average molecular weight is 256 g/mol. The summed E-state index contributed by atoms with van der Waals surface area (Å²) in [5.74, 6) is -0.752. The SMILES string of the molecule is CC(NCCCCN(C)C)c1cc(F)ccc1F. The summed E-state index contributed by atoms with van der Waals surface area (Å²) < 4.78 is 26.5. The second kappa shape index (κ2) is 7.44. The van der Waals surface area contributed by atoms with Crippen LogP contribution in [0.1, 0.15) is 31.4 Å². The van der Waals surface area contributed by atoms with E-state index in [1.165, 1.54) is 12.1 Å². The number of nitrogens with one attached hydrogen (secondary N) is 1. The van der Waals surface area contributed by atoms with Gasteiger partial charge >= 0.3 is 0 Å². The predicted octanol–water partition coefficient (Wildman–Crippen LogP) is 2.96. The zero-order chi connectivity index (χ0) is 13.5. The summed E-state index contributed by atoms with van der Waals surface area (Å²) in [6, 6.07) is 3.41. The normalized spacial score (nSPS) is 13.0. The lowest BCUT2D eigenvalue weighted by molar-refractivity contribution is 0.388. The topological polar surface area (TPSA) is 15.3 Å². The van der Waals surface area contributed by atoms with Crippen LogP contribution < -0.4 is 5.32 Å². The Morgan fingerprint density at radius 3 is 2.61 bits per heavy atom. The summed E-state index contributed by atoms with van der Waals surface area (Å²) in [6.07, 6.45) is 2.12. The second-order valence-corrected chi connectivity index (χ2v) is 4.85. The molecule has 0 aliphatic carbocycles. The number of benzene rings is 1.